The Labute approximate surface area is 123 Å². The van der Waals surface area contributed by atoms with Crippen molar-refractivity contribution < 1.29 is 0 Å². The van der Waals surface area contributed by atoms with Crippen molar-refractivity contribution >= 4 is 10.9 Å². The summed E-state index contributed by atoms with van der Waals surface area (Å²) in [5.41, 5.74) is 3.36. The Hall–Kier alpha value is -2.49. The number of nitrogens with zero attached hydrogens (tertiary/aromatic N) is 3. The molecular weight excluding hydrogens is 262 g/mol. The molecular formula is C17H17N3O. The number of aromatic nitrogens is 3. The fraction of sp³-hybridized carbons (Fsp3) is 0.235. The summed E-state index contributed by atoms with van der Waals surface area (Å²) >= 11 is 0. The Morgan fingerprint density at radius 2 is 1.95 bits per heavy atom. The van der Waals surface area contributed by atoms with Crippen molar-refractivity contribution in [1.82, 2.24) is 14.8 Å². The Balaban J connectivity index is 2.20. The molecule has 4 heteroatoms. The summed E-state index contributed by atoms with van der Waals surface area (Å²) in [5, 5.41) is 4.89. The first kappa shape index (κ1) is 13.5. The van der Waals surface area contributed by atoms with E-state index >= 15 is 0 Å². The van der Waals surface area contributed by atoms with Crippen LogP contribution in [0.1, 0.15) is 24.6 Å². The average Bonchev–Trinajstić information content (AvgIpc) is 2.49. The van der Waals surface area contributed by atoms with Gasteiger partial charge in [-0.2, -0.15) is 9.78 Å². The van der Waals surface area contributed by atoms with Crippen molar-refractivity contribution in [1.29, 1.82) is 0 Å². The van der Waals surface area contributed by atoms with E-state index in [0.717, 1.165) is 29.8 Å². The van der Waals surface area contributed by atoms with Gasteiger partial charge in [-0.3, -0.25) is 9.78 Å². The molecule has 0 bridgehead atoms. The van der Waals surface area contributed by atoms with Crippen molar-refractivity contribution in [2.45, 2.75) is 26.7 Å². The first-order valence-electron chi connectivity index (χ1n) is 7.14. The lowest BCUT2D eigenvalue weighted by atomic mass is 10.2. The molecule has 0 saturated heterocycles. The van der Waals surface area contributed by atoms with Gasteiger partial charge in [0, 0.05) is 5.69 Å². The molecule has 0 saturated carbocycles. The molecule has 21 heavy (non-hydrogen) atoms. The zero-order valence-corrected chi connectivity index (χ0v) is 12.2. The number of hydrogen-bond acceptors (Lipinski definition) is 3. The van der Waals surface area contributed by atoms with Gasteiger partial charge in [-0.1, -0.05) is 31.5 Å². The molecule has 3 aromatic rings. The van der Waals surface area contributed by atoms with Crippen LogP contribution in [0.4, 0.5) is 0 Å². The summed E-state index contributed by atoms with van der Waals surface area (Å²) in [4.78, 5) is 17.1. The second-order valence-electron chi connectivity index (χ2n) is 5.13. The lowest BCUT2D eigenvalue weighted by Crippen LogP contribution is -2.22. The highest BCUT2D eigenvalue weighted by Gasteiger charge is 2.09. The maximum Gasteiger partial charge on any atom is 0.280 e. The van der Waals surface area contributed by atoms with Gasteiger partial charge in [0.05, 0.1) is 22.8 Å². The number of fused-ring (bicyclic) bond motifs is 1. The Kier molecular flexibility index (Phi) is 3.52. The average molecular weight is 279 g/mol. The third-order valence-corrected chi connectivity index (χ3v) is 3.55. The van der Waals surface area contributed by atoms with Crippen molar-refractivity contribution in [3.63, 3.8) is 0 Å². The highest BCUT2D eigenvalue weighted by Crippen LogP contribution is 2.13. The van der Waals surface area contributed by atoms with Gasteiger partial charge < -0.3 is 0 Å². The third-order valence-electron chi connectivity index (χ3n) is 3.55. The smallest absolute Gasteiger partial charge is 0.267 e. The second kappa shape index (κ2) is 5.48. The second-order valence-corrected chi connectivity index (χ2v) is 5.13. The molecule has 1 aromatic carbocycles. The summed E-state index contributed by atoms with van der Waals surface area (Å²) in [6, 6.07) is 11.5. The molecule has 0 atom stereocenters. The Morgan fingerprint density at radius 1 is 1.14 bits per heavy atom. The summed E-state index contributed by atoms with van der Waals surface area (Å²) < 4.78 is 1.44. The molecule has 0 aliphatic carbocycles. The summed E-state index contributed by atoms with van der Waals surface area (Å²) in [6.07, 6.45) is 3.62. The minimum absolute atomic E-state index is 0.127. The molecule has 0 radical (unpaired) electrons. The SMILES string of the molecule is CCCc1ccc2c(=O)n(-c3ccccc3C)ncc2n1. The van der Waals surface area contributed by atoms with Crippen LogP contribution in [0.5, 0.6) is 0 Å². The third kappa shape index (κ3) is 2.44. The molecule has 0 N–H and O–H groups in total. The van der Waals surface area contributed by atoms with Gasteiger partial charge in [0.1, 0.15) is 0 Å². The first-order chi connectivity index (χ1) is 10.2. The molecule has 0 spiro atoms. The number of aryl methyl sites for hydroxylation is 2. The van der Waals surface area contributed by atoms with E-state index < -0.39 is 0 Å². The van der Waals surface area contributed by atoms with E-state index in [4.69, 9.17) is 0 Å². The van der Waals surface area contributed by atoms with Crippen LogP contribution in [0.3, 0.4) is 0 Å². The van der Waals surface area contributed by atoms with Gasteiger partial charge in [-0.15, -0.1) is 0 Å². The Bertz CT molecular complexity index is 852. The van der Waals surface area contributed by atoms with Gasteiger partial charge in [0.2, 0.25) is 0 Å². The van der Waals surface area contributed by atoms with Gasteiger partial charge in [-0.05, 0) is 37.1 Å². The highest BCUT2D eigenvalue weighted by molar-refractivity contribution is 5.76. The zero-order chi connectivity index (χ0) is 14.8. The van der Waals surface area contributed by atoms with Crippen molar-refractivity contribution in [3.05, 3.63) is 64.2 Å². The first-order valence-corrected chi connectivity index (χ1v) is 7.14. The standard InChI is InChI=1S/C17H17N3O/c1-3-6-13-9-10-14-15(19-13)11-18-20(17(14)21)16-8-5-4-7-12(16)2/h4-5,7-11H,3,6H2,1-2H3. The van der Waals surface area contributed by atoms with E-state index in [1.165, 1.54) is 4.68 Å². The summed E-state index contributed by atoms with van der Waals surface area (Å²) in [5.74, 6) is 0. The summed E-state index contributed by atoms with van der Waals surface area (Å²) in [6.45, 7) is 4.08. The normalized spacial score (nSPS) is 11.0. The largest absolute Gasteiger partial charge is 0.280 e. The maximum atomic E-state index is 12.6. The maximum absolute atomic E-state index is 12.6. The predicted octanol–water partition coefficient (Wildman–Crippen LogP) is 3.04. The number of hydrogen-bond donors (Lipinski definition) is 0. The van der Waals surface area contributed by atoms with E-state index in [-0.39, 0.29) is 5.56 Å². The van der Waals surface area contributed by atoms with Crippen LogP contribution in [0.2, 0.25) is 0 Å². The highest BCUT2D eigenvalue weighted by atomic mass is 16.1. The van der Waals surface area contributed by atoms with Crippen LogP contribution < -0.4 is 5.56 Å². The van der Waals surface area contributed by atoms with Crippen LogP contribution in [-0.4, -0.2) is 14.8 Å². The number of rotatable bonds is 3. The van der Waals surface area contributed by atoms with Crippen LogP contribution in [-0.2, 0) is 6.42 Å². The van der Waals surface area contributed by atoms with Crippen LogP contribution in [0.15, 0.2) is 47.4 Å². The molecule has 106 valence electrons. The fourth-order valence-corrected chi connectivity index (χ4v) is 2.44. The molecule has 2 heterocycles. The minimum atomic E-state index is -0.127. The summed E-state index contributed by atoms with van der Waals surface area (Å²) in [7, 11) is 0. The van der Waals surface area contributed by atoms with Crippen LogP contribution >= 0.6 is 0 Å². The lowest BCUT2D eigenvalue weighted by Gasteiger charge is -2.08. The van der Waals surface area contributed by atoms with Crippen molar-refractivity contribution in [2.75, 3.05) is 0 Å². The van der Waals surface area contributed by atoms with Gasteiger partial charge in [0.15, 0.2) is 0 Å². The lowest BCUT2D eigenvalue weighted by molar-refractivity contribution is 0.810. The molecule has 0 fully saturated rings. The van der Waals surface area contributed by atoms with Gasteiger partial charge >= 0.3 is 0 Å². The van der Waals surface area contributed by atoms with Crippen LogP contribution in [0, 0.1) is 6.92 Å². The van der Waals surface area contributed by atoms with Gasteiger partial charge in [0.25, 0.3) is 5.56 Å². The fourth-order valence-electron chi connectivity index (χ4n) is 2.44. The van der Waals surface area contributed by atoms with Gasteiger partial charge in [-0.25, -0.2) is 0 Å². The Morgan fingerprint density at radius 3 is 2.71 bits per heavy atom. The van der Waals surface area contributed by atoms with Crippen LogP contribution in [0.25, 0.3) is 16.6 Å². The molecule has 2 aromatic heterocycles. The monoisotopic (exact) mass is 279 g/mol. The molecule has 0 aliphatic rings. The topological polar surface area (TPSA) is 47.8 Å². The van der Waals surface area contributed by atoms with Crippen molar-refractivity contribution in [3.8, 4) is 5.69 Å². The number of benzene rings is 1. The van der Waals surface area contributed by atoms with E-state index in [2.05, 4.69) is 17.0 Å². The van der Waals surface area contributed by atoms with E-state index in [9.17, 15) is 4.79 Å². The van der Waals surface area contributed by atoms with E-state index in [1.807, 2.05) is 43.3 Å². The van der Waals surface area contributed by atoms with Crippen molar-refractivity contribution in [2.24, 2.45) is 0 Å². The molecule has 0 amide bonds. The minimum Gasteiger partial charge on any atom is -0.267 e. The zero-order valence-electron chi connectivity index (χ0n) is 12.2. The van der Waals surface area contributed by atoms with E-state index in [0.29, 0.717) is 10.9 Å². The predicted molar refractivity (Wildman–Crippen MR) is 83.9 cm³/mol. The molecule has 3 rings (SSSR count). The molecule has 0 aliphatic heterocycles. The molecule has 0 unspecified atom stereocenters. The number of pyridine rings is 1. The van der Waals surface area contributed by atoms with E-state index in [1.54, 1.807) is 6.20 Å². The molecule has 4 nitrogen and oxygen atoms in total. The quantitative estimate of drug-likeness (QED) is 0.740. The number of para-hydroxylation sites is 1.